The molecule has 0 aliphatic rings. The number of pyridine rings is 1. The van der Waals surface area contributed by atoms with E-state index in [2.05, 4.69) is 10.3 Å². The van der Waals surface area contributed by atoms with Gasteiger partial charge in [0.2, 0.25) is 0 Å². The van der Waals surface area contributed by atoms with E-state index in [1.165, 1.54) is 18.2 Å². The number of aromatic nitrogens is 1. The number of anilines is 1. The Morgan fingerprint density at radius 3 is 2.52 bits per heavy atom. The molecular formula is C17H20N4O4. The molecule has 2 rings (SSSR count). The predicted octanol–water partition coefficient (Wildman–Crippen LogP) is 1.90. The Balaban J connectivity index is 2.31. The van der Waals surface area contributed by atoms with Crippen molar-refractivity contribution in [1.82, 2.24) is 10.3 Å². The Morgan fingerprint density at radius 1 is 1.28 bits per heavy atom. The van der Waals surface area contributed by atoms with Gasteiger partial charge in [0.25, 0.3) is 17.2 Å². The second-order valence-corrected chi connectivity index (χ2v) is 5.98. The van der Waals surface area contributed by atoms with Crippen LogP contribution in [0.2, 0.25) is 0 Å². The number of non-ortho nitro benzene ring substituents is 1. The highest BCUT2D eigenvalue weighted by Gasteiger charge is 2.18. The number of nitrogens with one attached hydrogen (secondary N) is 2. The highest BCUT2D eigenvalue weighted by Crippen LogP contribution is 2.24. The summed E-state index contributed by atoms with van der Waals surface area (Å²) in [7, 11) is 3.49. The molecule has 0 bridgehead atoms. The maximum absolute atomic E-state index is 12.5. The lowest BCUT2D eigenvalue weighted by molar-refractivity contribution is -0.384. The van der Waals surface area contributed by atoms with Crippen LogP contribution in [0.25, 0.3) is 0 Å². The van der Waals surface area contributed by atoms with Crippen LogP contribution in [-0.4, -0.2) is 29.9 Å². The Morgan fingerprint density at radius 2 is 1.96 bits per heavy atom. The van der Waals surface area contributed by atoms with Crippen LogP contribution in [0.1, 0.15) is 27.2 Å². The Kier molecular flexibility index (Phi) is 5.21. The second kappa shape index (κ2) is 7.16. The van der Waals surface area contributed by atoms with Gasteiger partial charge in [-0.3, -0.25) is 19.7 Å². The van der Waals surface area contributed by atoms with Gasteiger partial charge < -0.3 is 15.2 Å². The van der Waals surface area contributed by atoms with E-state index in [1.807, 2.05) is 6.07 Å². The molecule has 0 aliphatic carbocycles. The van der Waals surface area contributed by atoms with Crippen LogP contribution < -0.4 is 15.8 Å². The van der Waals surface area contributed by atoms with Crippen molar-refractivity contribution in [3.63, 3.8) is 0 Å². The van der Waals surface area contributed by atoms with Crippen LogP contribution in [0.15, 0.2) is 29.1 Å². The summed E-state index contributed by atoms with van der Waals surface area (Å²) in [6, 6.07) is 5.93. The van der Waals surface area contributed by atoms with E-state index in [1.54, 1.807) is 32.8 Å². The standard InChI is InChI=1S/C17H20N4O4/c1-10-7-11(2)19-17(23)14(10)9-18-16(22)13-8-12(21(24)25)5-6-15(13)20(3)4/h5-8H,9H2,1-4H3,(H,18,22)(H,19,23). The molecule has 1 aromatic heterocycles. The lowest BCUT2D eigenvalue weighted by Gasteiger charge is -2.17. The monoisotopic (exact) mass is 344 g/mol. The quantitative estimate of drug-likeness (QED) is 0.636. The van der Waals surface area contributed by atoms with E-state index in [9.17, 15) is 19.7 Å². The normalized spacial score (nSPS) is 10.4. The molecule has 2 N–H and O–H groups in total. The average molecular weight is 344 g/mol. The largest absolute Gasteiger partial charge is 0.377 e. The fourth-order valence-electron chi connectivity index (χ4n) is 2.57. The van der Waals surface area contributed by atoms with Crippen molar-refractivity contribution in [2.75, 3.05) is 19.0 Å². The summed E-state index contributed by atoms with van der Waals surface area (Å²) in [6.07, 6.45) is 0. The van der Waals surface area contributed by atoms with Gasteiger partial charge in [0.1, 0.15) is 0 Å². The van der Waals surface area contributed by atoms with E-state index in [-0.39, 0.29) is 23.4 Å². The van der Waals surface area contributed by atoms with Gasteiger partial charge in [0.15, 0.2) is 0 Å². The molecule has 0 fully saturated rings. The molecular weight excluding hydrogens is 324 g/mol. The summed E-state index contributed by atoms with van der Waals surface area (Å²) in [5.41, 5.74) is 2.28. The number of H-pyrrole nitrogens is 1. The summed E-state index contributed by atoms with van der Waals surface area (Å²) in [6.45, 7) is 3.61. The van der Waals surface area contributed by atoms with E-state index in [0.717, 1.165) is 11.3 Å². The zero-order valence-electron chi connectivity index (χ0n) is 14.5. The van der Waals surface area contributed by atoms with Crippen LogP contribution in [0.4, 0.5) is 11.4 Å². The number of rotatable bonds is 5. The van der Waals surface area contributed by atoms with Crippen LogP contribution in [0.3, 0.4) is 0 Å². The van der Waals surface area contributed by atoms with Crippen molar-refractivity contribution >= 4 is 17.3 Å². The number of nitro benzene ring substituents is 1. The first-order valence-corrected chi connectivity index (χ1v) is 7.64. The zero-order chi connectivity index (χ0) is 18.7. The molecule has 0 saturated heterocycles. The maximum Gasteiger partial charge on any atom is 0.270 e. The number of carbonyl (C=O) groups excluding carboxylic acids is 1. The van der Waals surface area contributed by atoms with Gasteiger partial charge in [0, 0.05) is 49.7 Å². The summed E-state index contributed by atoms with van der Waals surface area (Å²) in [5.74, 6) is -0.480. The topological polar surface area (TPSA) is 108 Å². The second-order valence-electron chi connectivity index (χ2n) is 5.98. The third kappa shape index (κ3) is 4.03. The first-order valence-electron chi connectivity index (χ1n) is 7.64. The van der Waals surface area contributed by atoms with Gasteiger partial charge in [-0.05, 0) is 31.5 Å². The van der Waals surface area contributed by atoms with Gasteiger partial charge in [-0.15, -0.1) is 0 Å². The fourth-order valence-corrected chi connectivity index (χ4v) is 2.57. The predicted molar refractivity (Wildman–Crippen MR) is 95.1 cm³/mol. The smallest absolute Gasteiger partial charge is 0.270 e. The maximum atomic E-state index is 12.5. The van der Waals surface area contributed by atoms with Crippen molar-refractivity contribution < 1.29 is 9.72 Å². The number of nitrogens with zero attached hydrogens (tertiary/aromatic N) is 2. The van der Waals surface area contributed by atoms with Crippen molar-refractivity contribution in [3.8, 4) is 0 Å². The summed E-state index contributed by atoms with van der Waals surface area (Å²) < 4.78 is 0. The van der Waals surface area contributed by atoms with Crippen LogP contribution >= 0.6 is 0 Å². The average Bonchev–Trinajstić information content (AvgIpc) is 2.52. The SMILES string of the molecule is Cc1cc(C)c(CNC(=O)c2cc([N+](=O)[O-])ccc2N(C)C)c(=O)[nH]1. The number of carbonyl (C=O) groups is 1. The van der Waals surface area contributed by atoms with Gasteiger partial charge in [0.05, 0.1) is 10.5 Å². The minimum Gasteiger partial charge on any atom is -0.377 e. The molecule has 1 amide bonds. The van der Waals surface area contributed by atoms with Crippen molar-refractivity contribution in [2.45, 2.75) is 20.4 Å². The van der Waals surface area contributed by atoms with Gasteiger partial charge in [-0.2, -0.15) is 0 Å². The summed E-state index contributed by atoms with van der Waals surface area (Å²) >= 11 is 0. The lowest BCUT2D eigenvalue weighted by atomic mass is 10.1. The molecule has 8 heteroatoms. The molecule has 0 saturated carbocycles. The molecule has 0 atom stereocenters. The van der Waals surface area contributed by atoms with Crippen LogP contribution in [-0.2, 0) is 6.54 Å². The van der Waals surface area contributed by atoms with Crippen LogP contribution in [0.5, 0.6) is 0 Å². The Bertz CT molecular complexity index is 887. The first kappa shape index (κ1) is 18.2. The Hall–Kier alpha value is -3.16. The third-order valence-corrected chi connectivity index (χ3v) is 3.84. The molecule has 0 spiro atoms. The summed E-state index contributed by atoms with van der Waals surface area (Å²) in [5, 5.41) is 13.6. The minimum absolute atomic E-state index is 0.0375. The van der Waals surface area contributed by atoms with Crippen molar-refractivity contribution in [3.05, 3.63) is 67.1 Å². The highest BCUT2D eigenvalue weighted by atomic mass is 16.6. The third-order valence-electron chi connectivity index (χ3n) is 3.84. The number of hydrogen-bond donors (Lipinski definition) is 2. The molecule has 132 valence electrons. The lowest BCUT2D eigenvalue weighted by Crippen LogP contribution is -2.29. The number of aromatic amines is 1. The van der Waals surface area contributed by atoms with Crippen molar-refractivity contribution in [2.24, 2.45) is 0 Å². The zero-order valence-corrected chi connectivity index (χ0v) is 14.5. The molecule has 25 heavy (non-hydrogen) atoms. The van der Waals surface area contributed by atoms with E-state index < -0.39 is 10.8 Å². The molecule has 0 unspecified atom stereocenters. The van der Waals surface area contributed by atoms with E-state index in [0.29, 0.717) is 11.3 Å². The number of nitro groups is 1. The number of hydrogen-bond acceptors (Lipinski definition) is 5. The highest BCUT2D eigenvalue weighted by molar-refractivity contribution is 6.00. The van der Waals surface area contributed by atoms with Crippen molar-refractivity contribution in [1.29, 1.82) is 0 Å². The molecule has 0 radical (unpaired) electrons. The number of amides is 1. The molecule has 0 aliphatic heterocycles. The molecule has 8 nitrogen and oxygen atoms in total. The van der Waals surface area contributed by atoms with Crippen LogP contribution in [0, 0.1) is 24.0 Å². The molecule has 2 aromatic rings. The van der Waals surface area contributed by atoms with Gasteiger partial charge in [-0.25, -0.2) is 0 Å². The fraction of sp³-hybridized carbons (Fsp3) is 0.294. The van der Waals surface area contributed by atoms with E-state index in [4.69, 9.17) is 0 Å². The van der Waals surface area contributed by atoms with E-state index >= 15 is 0 Å². The molecule has 1 aromatic carbocycles. The number of aryl methyl sites for hydroxylation is 2. The molecule has 1 heterocycles. The van der Waals surface area contributed by atoms with Gasteiger partial charge >= 0.3 is 0 Å². The van der Waals surface area contributed by atoms with Gasteiger partial charge in [-0.1, -0.05) is 0 Å². The first-order chi connectivity index (χ1) is 11.7. The minimum atomic E-state index is -0.551. The number of benzene rings is 1. The summed E-state index contributed by atoms with van der Waals surface area (Å²) in [4.78, 5) is 39.4. The Labute approximate surface area is 144 Å².